The fourth-order valence-electron chi connectivity index (χ4n) is 3.52. The highest BCUT2D eigenvalue weighted by Crippen LogP contribution is 2.16. The summed E-state index contributed by atoms with van der Waals surface area (Å²) in [5, 5.41) is 34.5. The SMILES string of the molecule is CN(C1=NS(=O)N=C1NCCCN(Cc1ccc(F)cc1)c1ccccn1)c1cnc[nH]1.O=C(O)/C=C\C(=O)O.O=C(O)/C=C\C(=O)O. The monoisotopic (exact) mass is 686 g/mol. The van der Waals surface area contributed by atoms with Crippen LogP contribution in [0.25, 0.3) is 0 Å². The molecule has 0 fully saturated rings. The molecule has 4 rings (SSSR count). The van der Waals surface area contributed by atoms with Gasteiger partial charge in [-0.25, -0.2) is 37.7 Å². The minimum atomic E-state index is -1.65. The van der Waals surface area contributed by atoms with Gasteiger partial charge in [0.15, 0.2) is 11.7 Å². The van der Waals surface area contributed by atoms with E-state index in [2.05, 4.69) is 34.0 Å². The standard InChI is InChI=1S/C21H23FN8OS.2C4H4O4/c1-29(19-13-23-15-26-19)21-20(27-32(31)28-21)25-11-4-12-30(18-5-2-3-10-24-18)14-16-6-8-17(22)9-7-16;2*5-3(6)1-2-4(7)8/h2-3,5-10,13,15H,4,11-12,14H2,1H3,(H,23,26)(H,25,27);2*1-2H,(H,5,6)(H,7,8)/b;2*2-1-. The number of nitrogens with zero attached hydrogens (tertiary/aromatic N) is 6. The van der Waals surface area contributed by atoms with Crippen LogP contribution < -0.4 is 15.1 Å². The zero-order chi connectivity index (χ0) is 35.5. The largest absolute Gasteiger partial charge is 0.478 e. The molecule has 0 spiro atoms. The Morgan fingerprint density at radius 3 is 2.02 bits per heavy atom. The number of likely N-dealkylation sites (N-methyl/N-ethyl adjacent to an activating group) is 1. The van der Waals surface area contributed by atoms with Gasteiger partial charge in [-0.05, 0) is 36.2 Å². The minimum Gasteiger partial charge on any atom is -0.478 e. The van der Waals surface area contributed by atoms with Crippen LogP contribution in [0.1, 0.15) is 12.0 Å². The first-order valence-corrected chi connectivity index (χ1v) is 14.7. The number of pyridine rings is 1. The van der Waals surface area contributed by atoms with Crippen molar-refractivity contribution in [3.63, 3.8) is 0 Å². The predicted octanol–water partition coefficient (Wildman–Crippen LogP) is 1.88. The van der Waals surface area contributed by atoms with Gasteiger partial charge >= 0.3 is 23.9 Å². The zero-order valence-electron chi connectivity index (χ0n) is 25.2. The van der Waals surface area contributed by atoms with Gasteiger partial charge in [0.2, 0.25) is 0 Å². The fraction of sp³-hybridized carbons (Fsp3) is 0.172. The number of carbonyl (C=O) groups is 4. The lowest BCUT2D eigenvalue weighted by Crippen LogP contribution is -2.41. The number of imidazole rings is 1. The number of amidine groups is 2. The van der Waals surface area contributed by atoms with Crippen LogP contribution in [-0.2, 0) is 36.9 Å². The molecule has 48 heavy (non-hydrogen) atoms. The number of carboxylic acids is 4. The summed E-state index contributed by atoms with van der Waals surface area (Å²) in [6, 6.07) is 12.2. The number of aromatic nitrogens is 3. The molecule has 1 atom stereocenters. The van der Waals surface area contributed by atoms with Crippen LogP contribution in [0, 0.1) is 5.82 Å². The molecule has 1 aliphatic heterocycles. The van der Waals surface area contributed by atoms with Crippen molar-refractivity contribution in [2.75, 3.05) is 29.9 Å². The number of carboxylic acid groups (broad SMARTS) is 4. The first-order valence-electron chi connectivity index (χ1n) is 13.6. The Morgan fingerprint density at radius 1 is 0.917 bits per heavy atom. The van der Waals surface area contributed by atoms with Crippen molar-refractivity contribution in [1.82, 2.24) is 20.3 Å². The number of benzene rings is 1. The Kier molecular flexibility index (Phi) is 15.8. The Hall–Kier alpha value is -6.24. The summed E-state index contributed by atoms with van der Waals surface area (Å²) in [7, 11) is 1.80. The zero-order valence-corrected chi connectivity index (χ0v) is 26.0. The summed E-state index contributed by atoms with van der Waals surface area (Å²) in [5.41, 5.74) is 0.996. The van der Waals surface area contributed by atoms with Crippen molar-refractivity contribution >= 4 is 58.4 Å². The van der Waals surface area contributed by atoms with Crippen LogP contribution in [0.4, 0.5) is 16.0 Å². The van der Waals surface area contributed by atoms with E-state index in [1.54, 1.807) is 42.8 Å². The molecule has 0 radical (unpaired) electrons. The van der Waals surface area contributed by atoms with Gasteiger partial charge in [-0.15, -0.1) is 8.80 Å². The number of rotatable bonds is 12. The Morgan fingerprint density at radius 2 is 1.52 bits per heavy atom. The van der Waals surface area contributed by atoms with E-state index in [0.717, 1.165) is 23.6 Å². The van der Waals surface area contributed by atoms with Crippen LogP contribution in [-0.4, -0.2) is 95.3 Å². The Bertz CT molecular complexity index is 1600. The number of hydrogen-bond donors (Lipinski definition) is 6. The van der Waals surface area contributed by atoms with Gasteiger partial charge in [0.25, 0.3) is 11.2 Å². The molecule has 3 heterocycles. The number of hydrogen-bond acceptors (Lipinski definition) is 10. The smallest absolute Gasteiger partial charge is 0.328 e. The highest BCUT2D eigenvalue weighted by molar-refractivity contribution is 7.83. The summed E-state index contributed by atoms with van der Waals surface area (Å²) in [6.07, 6.45) is 7.97. The molecule has 17 nitrogen and oxygen atoms in total. The van der Waals surface area contributed by atoms with E-state index in [0.29, 0.717) is 55.6 Å². The summed E-state index contributed by atoms with van der Waals surface area (Å²) >= 11 is -1.65. The van der Waals surface area contributed by atoms with E-state index in [1.165, 1.54) is 12.1 Å². The Labute approximate surface area is 275 Å². The molecule has 254 valence electrons. The molecular formula is C29H31FN8O9S. The summed E-state index contributed by atoms with van der Waals surface area (Å²) < 4.78 is 33.3. The van der Waals surface area contributed by atoms with Crippen molar-refractivity contribution in [2.45, 2.75) is 13.0 Å². The van der Waals surface area contributed by atoms with Gasteiger partial charge in [0.1, 0.15) is 17.5 Å². The maximum absolute atomic E-state index is 13.3. The van der Waals surface area contributed by atoms with E-state index in [-0.39, 0.29) is 5.82 Å². The van der Waals surface area contributed by atoms with Crippen molar-refractivity contribution in [3.05, 3.63) is 96.9 Å². The molecule has 2 aromatic heterocycles. The normalized spacial score (nSPS) is 13.3. The Balaban J connectivity index is 0.000000414. The summed E-state index contributed by atoms with van der Waals surface area (Å²) in [5.74, 6) is -2.76. The van der Waals surface area contributed by atoms with Crippen molar-refractivity contribution in [3.8, 4) is 0 Å². The lowest BCUT2D eigenvalue weighted by molar-refractivity contribution is -0.134. The highest BCUT2D eigenvalue weighted by Gasteiger charge is 2.24. The van der Waals surface area contributed by atoms with E-state index in [9.17, 15) is 27.8 Å². The average Bonchev–Trinajstić information content (AvgIpc) is 3.72. The van der Waals surface area contributed by atoms with Gasteiger partial charge in [-0.2, -0.15) is 0 Å². The van der Waals surface area contributed by atoms with Crippen LogP contribution in [0.3, 0.4) is 0 Å². The molecule has 1 unspecified atom stereocenters. The minimum absolute atomic E-state index is 0.255. The van der Waals surface area contributed by atoms with Crippen LogP contribution in [0.5, 0.6) is 0 Å². The lowest BCUT2D eigenvalue weighted by Gasteiger charge is -2.24. The molecule has 0 amide bonds. The molecule has 1 aromatic carbocycles. The molecular weight excluding hydrogens is 655 g/mol. The average molecular weight is 687 g/mol. The number of H-pyrrole nitrogens is 1. The number of aliphatic carboxylic acids is 4. The third kappa shape index (κ3) is 14.7. The molecule has 19 heteroatoms. The number of anilines is 2. The maximum atomic E-state index is 13.3. The molecule has 6 N–H and O–H groups in total. The number of halogens is 1. The van der Waals surface area contributed by atoms with Gasteiger partial charge < -0.3 is 40.5 Å². The van der Waals surface area contributed by atoms with Crippen molar-refractivity contribution in [2.24, 2.45) is 8.80 Å². The first-order chi connectivity index (χ1) is 22.8. The fourth-order valence-corrected chi connectivity index (χ4v) is 4.22. The third-order valence-corrected chi connectivity index (χ3v) is 6.27. The lowest BCUT2D eigenvalue weighted by atomic mass is 10.2. The van der Waals surface area contributed by atoms with E-state index < -0.39 is 35.0 Å². The van der Waals surface area contributed by atoms with E-state index in [4.69, 9.17) is 20.4 Å². The second kappa shape index (κ2) is 20.0. The van der Waals surface area contributed by atoms with Crippen LogP contribution in [0.15, 0.2) is 94.3 Å². The van der Waals surface area contributed by atoms with Gasteiger partial charge in [-0.3, -0.25) is 0 Å². The summed E-state index contributed by atoms with van der Waals surface area (Å²) in [4.78, 5) is 53.5. The predicted molar refractivity (Wildman–Crippen MR) is 173 cm³/mol. The number of nitrogens with one attached hydrogen (secondary N) is 2. The third-order valence-electron chi connectivity index (χ3n) is 5.60. The van der Waals surface area contributed by atoms with Crippen molar-refractivity contribution in [1.29, 1.82) is 0 Å². The number of aromatic amines is 1. The van der Waals surface area contributed by atoms with Crippen molar-refractivity contribution < 1.29 is 48.2 Å². The molecule has 3 aromatic rings. The topological polar surface area (TPSA) is 251 Å². The molecule has 0 saturated carbocycles. The molecule has 0 aliphatic carbocycles. The van der Waals surface area contributed by atoms with Gasteiger partial charge in [-0.1, -0.05) is 18.2 Å². The quantitative estimate of drug-likeness (QED) is 0.118. The second-order valence-electron chi connectivity index (χ2n) is 9.12. The van der Waals surface area contributed by atoms with E-state index >= 15 is 0 Å². The van der Waals surface area contributed by atoms with Crippen LogP contribution in [0.2, 0.25) is 0 Å². The second-order valence-corrected chi connectivity index (χ2v) is 9.94. The molecule has 0 bridgehead atoms. The van der Waals surface area contributed by atoms with E-state index in [1.807, 2.05) is 18.2 Å². The molecule has 0 saturated heterocycles. The first kappa shape index (κ1) is 37.9. The van der Waals surface area contributed by atoms with Gasteiger partial charge in [0, 0.05) is 57.2 Å². The summed E-state index contributed by atoms with van der Waals surface area (Å²) in [6.45, 7) is 1.91. The maximum Gasteiger partial charge on any atom is 0.328 e. The molecule has 1 aliphatic rings. The van der Waals surface area contributed by atoms with Gasteiger partial charge in [0.05, 0.1) is 12.5 Å². The highest BCUT2D eigenvalue weighted by atomic mass is 32.2. The van der Waals surface area contributed by atoms with Crippen LogP contribution >= 0.6 is 0 Å².